The molecule has 2 rings (SSSR count). The Morgan fingerprint density at radius 1 is 1.26 bits per heavy atom. The molecule has 0 aliphatic heterocycles. The number of carbonyl (C=O) groups is 1. The highest BCUT2D eigenvalue weighted by Crippen LogP contribution is 2.23. The molecule has 0 atom stereocenters. The maximum absolute atomic E-state index is 12.2. The lowest BCUT2D eigenvalue weighted by Gasteiger charge is -2.10. The normalized spacial score (nSPS) is 10.7. The van der Waals surface area contributed by atoms with Crippen LogP contribution in [-0.4, -0.2) is 22.4 Å². The third-order valence-corrected chi connectivity index (χ3v) is 3.54. The summed E-state index contributed by atoms with van der Waals surface area (Å²) in [5.41, 5.74) is 1.75. The van der Waals surface area contributed by atoms with Gasteiger partial charge in [-0.3, -0.25) is 4.79 Å². The second-order valence-corrected chi connectivity index (χ2v) is 6.17. The van der Waals surface area contributed by atoms with Crippen molar-refractivity contribution < 1.29 is 4.79 Å². The Kier molecular flexibility index (Phi) is 5.93. The lowest BCUT2D eigenvalue weighted by molar-refractivity contribution is 0.0947. The number of rotatable bonds is 6. The molecule has 1 amide bonds. The van der Waals surface area contributed by atoms with Crippen molar-refractivity contribution >= 4 is 29.1 Å². The Labute approximate surface area is 141 Å². The van der Waals surface area contributed by atoms with E-state index in [1.807, 2.05) is 25.1 Å². The maximum atomic E-state index is 12.2. The van der Waals surface area contributed by atoms with Gasteiger partial charge in [0.2, 0.25) is 5.95 Å². The zero-order valence-corrected chi connectivity index (χ0v) is 14.3. The molecule has 2 N–H and O–H groups in total. The number of halogens is 1. The molecule has 0 aliphatic carbocycles. The third-order valence-electron chi connectivity index (χ3n) is 3.21. The van der Waals surface area contributed by atoms with Crippen molar-refractivity contribution in [3.63, 3.8) is 0 Å². The van der Waals surface area contributed by atoms with Gasteiger partial charge in [-0.2, -0.15) is 0 Å². The van der Waals surface area contributed by atoms with Crippen LogP contribution in [0.5, 0.6) is 0 Å². The molecule has 23 heavy (non-hydrogen) atoms. The van der Waals surface area contributed by atoms with E-state index in [9.17, 15) is 4.79 Å². The lowest BCUT2D eigenvalue weighted by atomic mass is 10.1. The van der Waals surface area contributed by atoms with E-state index in [0.29, 0.717) is 40.5 Å². The Morgan fingerprint density at radius 2 is 2.00 bits per heavy atom. The van der Waals surface area contributed by atoms with Gasteiger partial charge in [0.25, 0.3) is 5.91 Å². The number of nitrogens with one attached hydrogen (secondary N) is 2. The minimum atomic E-state index is -0.196. The molecule has 1 aromatic heterocycles. The van der Waals surface area contributed by atoms with Crippen LogP contribution >= 0.6 is 11.6 Å². The largest absolute Gasteiger partial charge is 0.351 e. The molecule has 6 heteroatoms. The molecule has 0 spiro atoms. The first-order valence-corrected chi connectivity index (χ1v) is 7.99. The lowest BCUT2D eigenvalue weighted by Crippen LogP contribution is -2.26. The van der Waals surface area contributed by atoms with Crippen molar-refractivity contribution in [1.29, 1.82) is 0 Å². The molecule has 1 heterocycles. The quantitative estimate of drug-likeness (QED) is 0.840. The minimum Gasteiger partial charge on any atom is -0.351 e. The Bertz CT molecular complexity index is 688. The van der Waals surface area contributed by atoms with E-state index in [2.05, 4.69) is 34.4 Å². The van der Waals surface area contributed by atoms with Gasteiger partial charge in [0.1, 0.15) is 5.69 Å². The number of nitrogens with zero attached hydrogens (tertiary/aromatic N) is 2. The van der Waals surface area contributed by atoms with Crippen molar-refractivity contribution in [2.45, 2.75) is 27.2 Å². The van der Waals surface area contributed by atoms with Crippen LogP contribution in [0.3, 0.4) is 0 Å². The fourth-order valence-corrected chi connectivity index (χ4v) is 2.17. The van der Waals surface area contributed by atoms with Gasteiger partial charge in [0.05, 0.1) is 10.7 Å². The summed E-state index contributed by atoms with van der Waals surface area (Å²) in [5.74, 6) is 0.699. The first-order chi connectivity index (χ1) is 11.0. The summed E-state index contributed by atoms with van der Waals surface area (Å²) in [4.78, 5) is 20.8. The van der Waals surface area contributed by atoms with E-state index in [1.165, 1.54) is 0 Å². The first kappa shape index (κ1) is 17.2. The maximum Gasteiger partial charge on any atom is 0.270 e. The second-order valence-electron chi connectivity index (χ2n) is 5.76. The molecule has 0 aliphatic rings. The molecule has 2 aromatic rings. The fourth-order valence-electron chi connectivity index (χ4n) is 1.99. The van der Waals surface area contributed by atoms with E-state index in [-0.39, 0.29) is 5.91 Å². The predicted molar refractivity (Wildman–Crippen MR) is 93.3 cm³/mol. The zero-order valence-electron chi connectivity index (χ0n) is 13.6. The van der Waals surface area contributed by atoms with Crippen molar-refractivity contribution in [2.75, 3.05) is 11.9 Å². The highest BCUT2D eigenvalue weighted by molar-refractivity contribution is 6.33. The molecule has 0 radical (unpaired) electrons. The molecular formula is C17H21ClN4O. The minimum absolute atomic E-state index is 0.196. The van der Waals surface area contributed by atoms with Crippen LogP contribution in [0.25, 0.3) is 0 Å². The SMILES string of the molecule is Cc1cc(C(=O)NCCC(C)C)nc(Nc2ccccc2Cl)n1. The number of amides is 1. The molecular weight excluding hydrogens is 312 g/mol. The number of hydrogen-bond acceptors (Lipinski definition) is 4. The zero-order chi connectivity index (χ0) is 16.8. The van der Waals surface area contributed by atoms with Gasteiger partial charge in [-0.05, 0) is 37.5 Å². The fraction of sp³-hybridized carbons (Fsp3) is 0.353. The monoisotopic (exact) mass is 332 g/mol. The number of anilines is 2. The van der Waals surface area contributed by atoms with Crippen LogP contribution in [0.15, 0.2) is 30.3 Å². The Morgan fingerprint density at radius 3 is 2.70 bits per heavy atom. The molecule has 1 aromatic carbocycles. The van der Waals surface area contributed by atoms with Gasteiger partial charge in [-0.1, -0.05) is 37.6 Å². The summed E-state index contributed by atoms with van der Waals surface area (Å²) in [5, 5.41) is 6.50. The molecule has 0 fully saturated rings. The van der Waals surface area contributed by atoms with E-state index in [1.54, 1.807) is 12.1 Å². The number of para-hydroxylation sites is 1. The average Bonchev–Trinajstić information content (AvgIpc) is 2.48. The van der Waals surface area contributed by atoms with Crippen LogP contribution in [0.1, 0.15) is 36.5 Å². The van der Waals surface area contributed by atoms with E-state index in [0.717, 1.165) is 6.42 Å². The van der Waals surface area contributed by atoms with E-state index < -0.39 is 0 Å². The van der Waals surface area contributed by atoms with Crippen molar-refractivity contribution in [3.8, 4) is 0 Å². The summed E-state index contributed by atoms with van der Waals surface area (Å²) < 4.78 is 0. The third kappa shape index (κ3) is 5.21. The Balaban J connectivity index is 2.12. The standard InChI is InChI=1S/C17H21ClN4O/c1-11(2)8-9-19-16(23)15-10-12(3)20-17(22-15)21-14-7-5-4-6-13(14)18/h4-7,10-11H,8-9H2,1-3H3,(H,19,23)(H,20,21,22). The van der Waals surface area contributed by atoms with Crippen molar-refractivity contribution in [3.05, 3.63) is 46.7 Å². The van der Waals surface area contributed by atoms with Crippen LogP contribution < -0.4 is 10.6 Å². The predicted octanol–water partition coefficient (Wildman–Crippen LogP) is 3.96. The number of carbonyl (C=O) groups excluding carboxylic acids is 1. The molecule has 0 unspecified atom stereocenters. The summed E-state index contributed by atoms with van der Waals surface area (Å²) in [6.07, 6.45) is 0.931. The van der Waals surface area contributed by atoms with Gasteiger partial charge >= 0.3 is 0 Å². The van der Waals surface area contributed by atoms with E-state index in [4.69, 9.17) is 11.6 Å². The Hall–Kier alpha value is -2.14. The molecule has 0 bridgehead atoms. The van der Waals surface area contributed by atoms with Crippen LogP contribution in [0.2, 0.25) is 5.02 Å². The van der Waals surface area contributed by atoms with Gasteiger partial charge < -0.3 is 10.6 Å². The number of hydrogen-bond donors (Lipinski definition) is 2. The number of aromatic nitrogens is 2. The summed E-state index contributed by atoms with van der Waals surface area (Å²) >= 11 is 6.12. The van der Waals surface area contributed by atoms with Crippen molar-refractivity contribution in [2.24, 2.45) is 5.92 Å². The summed E-state index contributed by atoms with van der Waals surface area (Å²) in [6.45, 7) is 6.69. The molecule has 122 valence electrons. The summed E-state index contributed by atoms with van der Waals surface area (Å²) in [6, 6.07) is 8.99. The molecule has 0 saturated carbocycles. The first-order valence-electron chi connectivity index (χ1n) is 7.61. The highest BCUT2D eigenvalue weighted by Gasteiger charge is 2.11. The van der Waals surface area contributed by atoms with Crippen molar-refractivity contribution in [1.82, 2.24) is 15.3 Å². The van der Waals surface area contributed by atoms with Crippen LogP contribution in [0.4, 0.5) is 11.6 Å². The highest BCUT2D eigenvalue weighted by atomic mass is 35.5. The van der Waals surface area contributed by atoms with Gasteiger partial charge in [0.15, 0.2) is 0 Å². The smallest absolute Gasteiger partial charge is 0.270 e. The second kappa shape index (κ2) is 7.92. The summed E-state index contributed by atoms with van der Waals surface area (Å²) in [7, 11) is 0. The molecule has 0 saturated heterocycles. The van der Waals surface area contributed by atoms with Gasteiger partial charge in [0, 0.05) is 12.2 Å². The van der Waals surface area contributed by atoms with Crippen LogP contribution in [0, 0.1) is 12.8 Å². The van der Waals surface area contributed by atoms with Gasteiger partial charge in [-0.15, -0.1) is 0 Å². The van der Waals surface area contributed by atoms with Gasteiger partial charge in [-0.25, -0.2) is 9.97 Å². The topological polar surface area (TPSA) is 66.9 Å². The van der Waals surface area contributed by atoms with E-state index >= 15 is 0 Å². The number of aryl methyl sites for hydroxylation is 1. The average molecular weight is 333 g/mol. The number of benzene rings is 1. The molecule has 5 nitrogen and oxygen atoms in total. The van der Waals surface area contributed by atoms with Crippen LogP contribution in [-0.2, 0) is 0 Å².